The van der Waals surface area contributed by atoms with E-state index in [0.717, 1.165) is 18.8 Å². The lowest BCUT2D eigenvalue weighted by molar-refractivity contribution is 0.0688. The Balaban J connectivity index is 2.80. The van der Waals surface area contributed by atoms with Crippen molar-refractivity contribution in [3.8, 4) is 0 Å². The Morgan fingerprint density at radius 3 is 2.24 bits per heavy atom. The van der Waals surface area contributed by atoms with Gasteiger partial charge in [0, 0.05) is 5.54 Å². The van der Waals surface area contributed by atoms with E-state index in [-0.39, 0.29) is 22.8 Å². The van der Waals surface area contributed by atoms with Gasteiger partial charge in [0.2, 0.25) is 0 Å². The number of carboxylic acids is 1. The minimum absolute atomic E-state index is 0.108. The van der Waals surface area contributed by atoms with Gasteiger partial charge in [-0.15, -0.1) is 0 Å². The molecule has 0 atom stereocenters. The first kappa shape index (κ1) is 13.1. The second-order valence-electron chi connectivity index (χ2n) is 4.28. The molecule has 0 aliphatic heterocycles. The lowest BCUT2D eigenvalue weighted by Gasteiger charge is -2.23. The topological polar surface area (TPSA) is 92.2 Å². The summed E-state index contributed by atoms with van der Waals surface area (Å²) in [5, 5.41) is 11.4. The molecule has 0 aromatic carbocycles. The van der Waals surface area contributed by atoms with Crippen molar-refractivity contribution in [2.75, 3.05) is 0 Å². The summed E-state index contributed by atoms with van der Waals surface area (Å²) in [7, 11) is 0. The number of carbonyl (C=O) groups excluding carboxylic acids is 1. The van der Waals surface area contributed by atoms with Crippen LogP contribution >= 0.6 is 0 Å². The number of aromatic nitrogens is 2. The SMILES string of the molecule is CCC(C)(C)NC(=O)c1cnc(C(=O)O)cn1. The van der Waals surface area contributed by atoms with E-state index in [4.69, 9.17) is 5.11 Å². The van der Waals surface area contributed by atoms with Gasteiger partial charge in [-0.25, -0.2) is 14.8 Å². The highest BCUT2D eigenvalue weighted by molar-refractivity contribution is 5.93. The van der Waals surface area contributed by atoms with Crippen LogP contribution < -0.4 is 5.32 Å². The minimum Gasteiger partial charge on any atom is -0.476 e. The monoisotopic (exact) mass is 237 g/mol. The maximum absolute atomic E-state index is 11.7. The first-order chi connectivity index (χ1) is 7.85. The normalized spacial score (nSPS) is 11.0. The largest absolute Gasteiger partial charge is 0.476 e. The molecule has 6 heteroatoms. The molecule has 1 heterocycles. The molecule has 0 spiro atoms. The summed E-state index contributed by atoms with van der Waals surface area (Å²) in [6, 6.07) is 0. The van der Waals surface area contributed by atoms with Crippen molar-refractivity contribution in [3.63, 3.8) is 0 Å². The Labute approximate surface area is 99.1 Å². The zero-order chi connectivity index (χ0) is 13.1. The number of carboxylic acid groups (broad SMARTS) is 1. The minimum atomic E-state index is -1.17. The van der Waals surface area contributed by atoms with Gasteiger partial charge < -0.3 is 10.4 Å². The van der Waals surface area contributed by atoms with Gasteiger partial charge in [0.15, 0.2) is 5.69 Å². The number of aromatic carboxylic acids is 1. The summed E-state index contributed by atoms with van der Waals surface area (Å²) >= 11 is 0. The van der Waals surface area contributed by atoms with Crippen molar-refractivity contribution < 1.29 is 14.7 Å². The van der Waals surface area contributed by atoms with E-state index in [2.05, 4.69) is 15.3 Å². The fourth-order valence-corrected chi connectivity index (χ4v) is 1.02. The number of amides is 1. The predicted octanol–water partition coefficient (Wildman–Crippen LogP) is 1.09. The molecule has 92 valence electrons. The molecule has 6 nitrogen and oxygen atoms in total. The molecule has 2 N–H and O–H groups in total. The van der Waals surface area contributed by atoms with Crippen LogP contribution in [0.3, 0.4) is 0 Å². The molecular weight excluding hydrogens is 222 g/mol. The molecule has 0 radical (unpaired) electrons. The first-order valence-electron chi connectivity index (χ1n) is 5.23. The summed E-state index contributed by atoms with van der Waals surface area (Å²) in [5.41, 5.74) is -0.405. The van der Waals surface area contributed by atoms with E-state index in [1.807, 2.05) is 20.8 Å². The highest BCUT2D eigenvalue weighted by Crippen LogP contribution is 2.08. The van der Waals surface area contributed by atoms with Gasteiger partial charge in [0.1, 0.15) is 5.69 Å². The van der Waals surface area contributed by atoms with Crippen LogP contribution in [0.1, 0.15) is 48.2 Å². The maximum atomic E-state index is 11.7. The summed E-state index contributed by atoms with van der Waals surface area (Å²) < 4.78 is 0. The molecule has 0 fully saturated rings. The molecule has 1 aromatic heterocycles. The molecule has 17 heavy (non-hydrogen) atoms. The fourth-order valence-electron chi connectivity index (χ4n) is 1.02. The molecule has 0 saturated carbocycles. The molecule has 1 amide bonds. The molecular formula is C11H15N3O3. The lowest BCUT2D eigenvalue weighted by atomic mass is 10.0. The average Bonchev–Trinajstić information content (AvgIpc) is 2.28. The molecule has 0 unspecified atom stereocenters. The van der Waals surface area contributed by atoms with Crippen LogP contribution in [-0.4, -0.2) is 32.5 Å². The van der Waals surface area contributed by atoms with Crippen LogP contribution in [0.5, 0.6) is 0 Å². The second kappa shape index (κ2) is 4.90. The van der Waals surface area contributed by atoms with Crippen LogP contribution in [0.15, 0.2) is 12.4 Å². The van der Waals surface area contributed by atoms with Crippen molar-refractivity contribution >= 4 is 11.9 Å². The smallest absolute Gasteiger partial charge is 0.356 e. The number of nitrogens with one attached hydrogen (secondary N) is 1. The van der Waals surface area contributed by atoms with E-state index >= 15 is 0 Å². The summed E-state index contributed by atoms with van der Waals surface area (Å²) in [6.07, 6.45) is 3.00. The first-order valence-corrected chi connectivity index (χ1v) is 5.23. The predicted molar refractivity (Wildman–Crippen MR) is 60.8 cm³/mol. The lowest BCUT2D eigenvalue weighted by Crippen LogP contribution is -2.43. The Morgan fingerprint density at radius 2 is 1.82 bits per heavy atom. The van der Waals surface area contributed by atoms with Crippen LogP contribution in [0.2, 0.25) is 0 Å². The molecule has 0 saturated heterocycles. The molecule has 1 rings (SSSR count). The summed E-state index contributed by atoms with van der Waals surface area (Å²) in [5.74, 6) is -1.53. The van der Waals surface area contributed by atoms with E-state index in [9.17, 15) is 9.59 Å². The van der Waals surface area contributed by atoms with Crippen molar-refractivity contribution in [1.82, 2.24) is 15.3 Å². The number of hydrogen-bond donors (Lipinski definition) is 2. The van der Waals surface area contributed by atoms with E-state index in [0.29, 0.717) is 0 Å². The Kier molecular flexibility index (Phi) is 3.77. The summed E-state index contributed by atoms with van der Waals surface area (Å²) in [6.45, 7) is 5.74. The van der Waals surface area contributed by atoms with Gasteiger partial charge in [0.25, 0.3) is 5.91 Å². The number of hydrogen-bond acceptors (Lipinski definition) is 4. The van der Waals surface area contributed by atoms with Crippen molar-refractivity contribution in [1.29, 1.82) is 0 Å². The molecule has 1 aromatic rings. The number of carbonyl (C=O) groups is 2. The third kappa shape index (κ3) is 3.51. The van der Waals surface area contributed by atoms with Crippen molar-refractivity contribution in [2.24, 2.45) is 0 Å². The van der Waals surface area contributed by atoms with Gasteiger partial charge in [0.05, 0.1) is 12.4 Å². The highest BCUT2D eigenvalue weighted by Gasteiger charge is 2.20. The van der Waals surface area contributed by atoms with Gasteiger partial charge in [-0.1, -0.05) is 6.92 Å². The number of nitrogens with zero attached hydrogens (tertiary/aromatic N) is 2. The van der Waals surface area contributed by atoms with E-state index in [1.54, 1.807) is 0 Å². The molecule has 0 bridgehead atoms. The Bertz CT molecular complexity index is 426. The van der Waals surface area contributed by atoms with Crippen molar-refractivity contribution in [3.05, 3.63) is 23.8 Å². The van der Waals surface area contributed by atoms with Gasteiger partial charge in [-0.05, 0) is 20.3 Å². The van der Waals surface area contributed by atoms with Gasteiger partial charge in [-0.2, -0.15) is 0 Å². The Morgan fingerprint density at radius 1 is 1.29 bits per heavy atom. The quantitative estimate of drug-likeness (QED) is 0.817. The number of rotatable bonds is 4. The fraction of sp³-hybridized carbons (Fsp3) is 0.455. The maximum Gasteiger partial charge on any atom is 0.356 e. The standard InChI is InChI=1S/C11H15N3O3/c1-4-11(2,3)14-9(15)7-5-13-8(6-12-7)10(16)17/h5-6H,4H2,1-3H3,(H,14,15)(H,16,17). The van der Waals surface area contributed by atoms with Gasteiger partial charge in [-0.3, -0.25) is 4.79 Å². The second-order valence-corrected chi connectivity index (χ2v) is 4.28. The van der Waals surface area contributed by atoms with E-state index < -0.39 is 5.97 Å². The van der Waals surface area contributed by atoms with Crippen LogP contribution in [0, 0.1) is 0 Å². The van der Waals surface area contributed by atoms with Crippen LogP contribution in [0.25, 0.3) is 0 Å². The van der Waals surface area contributed by atoms with E-state index in [1.165, 1.54) is 0 Å². The van der Waals surface area contributed by atoms with Crippen LogP contribution in [0.4, 0.5) is 0 Å². The van der Waals surface area contributed by atoms with Gasteiger partial charge >= 0.3 is 5.97 Å². The average molecular weight is 237 g/mol. The highest BCUT2D eigenvalue weighted by atomic mass is 16.4. The van der Waals surface area contributed by atoms with Crippen LogP contribution in [-0.2, 0) is 0 Å². The third-order valence-corrected chi connectivity index (χ3v) is 2.44. The summed E-state index contributed by atoms with van der Waals surface area (Å²) in [4.78, 5) is 29.7. The third-order valence-electron chi connectivity index (χ3n) is 2.44. The Hall–Kier alpha value is -1.98. The molecule has 0 aliphatic carbocycles. The zero-order valence-corrected chi connectivity index (χ0v) is 10.0. The van der Waals surface area contributed by atoms with Crippen molar-refractivity contribution in [2.45, 2.75) is 32.7 Å². The molecule has 0 aliphatic rings. The zero-order valence-electron chi connectivity index (χ0n) is 10.0.